The van der Waals surface area contributed by atoms with Gasteiger partial charge in [0, 0.05) is 40.4 Å². The number of aliphatic hydroxyl groups is 1. The van der Waals surface area contributed by atoms with Crippen LogP contribution < -0.4 is 15.6 Å². The number of H-pyrrole nitrogens is 1. The number of benzene rings is 1. The second kappa shape index (κ2) is 10.9. The number of nitrogens with one attached hydrogen (secondary N) is 2. The summed E-state index contributed by atoms with van der Waals surface area (Å²) >= 11 is 0. The Morgan fingerprint density at radius 3 is 2.54 bits per heavy atom. The first-order valence-corrected chi connectivity index (χ1v) is 12.6. The Morgan fingerprint density at radius 2 is 1.89 bits per heavy atom. The Labute approximate surface area is 214 Å². The molecule has 1 unspecified atom stereocenters. The summed E-state index contributed by atoms with van der Waals surface area (Å²) in [5, 5.41) is 15.2. The standard InChI is InChI=1S/C27H35F3N4O3/c1-16-13-23(37-4)21(25(35)32-16)14-31-26(36)24-18(3)34(22-8-6-5-7-20(22)24)17(2)19-9-11-33(12-10-19)15-27(28,29)30/h5-8,13,17,19,26,31,36H,9-12,14-15H2,1-4H3,(H,32,35)/t17-,26?/m1/s1. The Bertz CT molecular complexity index is 1290. The zero-order valence-corrected chi connectivity index (χ0v) is 21.7. The molecule has 1 aromatic carbocycles. The summed E-state index contributed by atoms with van der Waals surface area (Å²) in [4.78, 5) is 16.7. The van der Waals surface area contributed by atoms with Crippen molar-refractivity contribution in [2.75, 3.05) is 26.7 Å². The number of alkyl halides is 3. The molecule has 1 aliphatic rings. The van der Waals surface area contributed by atoms with E-state index in [-0.39, 0.29) is 24.1 Å². The number of nitrogens with zero attached hydrogens (tertiary/aromatic N) is 2. The van der Waals surface area contributed by atoms with Crippen LogP contribution in [0.2, 0.25) is 0 Å². The fourth-order valence-corrected chi connectivity index (χ4v) is 5.68. The van der Waals surface area contributed by atoms with Gasteiger partial charge in [0.15, 0.2) is 0 Å². The quantitative estimate of drug-likeness (QED) is 0.379. The van der Waals surface area contributed by atoms with Crippen LogP contribution in [0.5, 0.6) is 5.75 Å². The maximum Gasteiger partial charge on any atom is 0.401 e. The van der Waals surface area contributed by atoms with E-state index in [4.69, 9.17) is 4.74 Å². The third kappa shape index (κ3) is 5.86. The van der Waals surface area contributed by atoms with E-state index in [1.165, 1.54) is 12.0 Å². The topological polar surface area (TPSA) is 82.5 Å². The molecule has 3 aromatic rings. The van der Waals surface area contributed by atoms with Crippen molar-refractivity contribution in [3.8, 4) is 5.75 Å². The van der Waals surface area contributed by atoms with Crippen LogP contribution >= 0.6 is 0 Å². The molecule has 1 fully saturated rings. The molecule has 0 aliphatic carbocycles. The number of piperidine rings is 1. The molecule has 3 N–H and O–H groups in total. The van der Waals surface area contributed by atoms with Crippen molar-refractivity contribution >= 4 is 10.9 Å². The number of aromatic nitrogens is 2. The number of likely N-dealkylation sites (tertiary alicyclic amines) is 1. The SMILES string of the molecule is COc1cc(C)[nH]c(=O)c1CNC(O)c1c(C)n([C@H](C)C2CCN(CC(F)(F)F)CC2)c2ccccc12. The number of para-hydroxylation sites is 1. The second-order valence-corrected chi connectivity index (χ2v) is 9.97. The molecule has 0 radical (unpaired) electrons. The first-order valence-electron chi connectivity index (χ1n) is 12.6. The molecule has 1 saturated heterocycles. The number of hydrogen-bond donors (Lipinski definition) is 3. The molecule has 2 atom stereocenters. The van der Waals surface area contributed by atoms with Gasteiger partial charge in [0.2, 0.25) is 0 Å². The Balaban J connectivity index is 1.57. The molecular weight excluding hydrogens is 485 g/mol. The number of ether oxygens (including phenoxy) is 1. The first-order chi connectivity index (χ1) is 17.5. The highest BCUT2D eigenvalue weighted by Gasteiger charge is 2.34. The van der Waals surface area contributed by atoms with Gasteiger partial charge in [-0.25, -0.2) is 0 Å². The van der Waals surface area contributed by atoms with Crippen LogP contribution in [-0.4, -0.2) is 52.5 Å². The Hall–Kier alpha value is -2.82. The van der Waals surface area contributed by atoms with Crippen LogP contribution in [-0.2, 0) is 6.54 Å². The number of pyridine rings is 1. The molecule has 37 heavy (non-hydrogen) atoms. The minimum Gasteiger partial charge on any atom is -0.496 e. The fourth-order valence-electron chi connectivity index (χ4n) is 5.68. The number of rotatable bonds is 8. The van der Waals surface area contributed by atoms with Crippen LogP contribution in [0.25, 0.3) is 10.9 Å². The van der Waals surface area contributed by atoms with Gasteiger partial charge < -0.3 is 19.4 Å². The largest absolute Gasteiger partial charge is 0.496 e. The normalized spacial score (nSPS) is 17.3. The highest BCUT2D eigenvalue weighted by molar-refractivity contribution is 5.86. The molecule has 7 nitrogen and oxygen atoms in total. The van der Waals surface area contributed by atoms with Gasteiger partial charge in [0.1, 0.15) is 12.0 Å². The summed E-state index contributed by atoms with van der Waals surface area (Å²) in [7, 11) is 1.50. The molecule has 0 amide bonds. The van der Waals surface area contributed by atoms with E-state index in [9.17, 15) is 23.1 Å². The lowest BCUT2D eigenvalue weighted by molar-refractivity contribution is -0.149. The summed E-state index contributed by atoms with van der Waals surface area (Å²) in [5.74, 6) is 0.665. The molecule has 2 aromatic heterocycles. The summed E-state index contributed by atoms with van der Waals surface area (Å²) in [6.07, 6.45) is -3.88. The van der Waals surface area contributed by atoms with Crippen LogP contribution in [0.4, 0.5) is 13.2 Å². The van der Waals surface area contributed by atoms with Crippen molar-refractivity contribution in [1.29, 1.82) is 0 Å². The fraction of sp³-hybridized carbons (Fsp3) is 0.519. The molecule has 0 spiro atoms. The average molecular weight is 521 g/mol. The van der Waals surface area contributed by atoms with E-state index in [1.54, 1.807) is 13.0 Å². The Kier molecular flexibility index (Phi) is 8.01. The van der Waals surface area contributed by atoms with Gasteiger partial charge in [0.25, 0.3) is 5.56 Å². The van der Waals surface area contributed by atoms with Gasteiger partial charge >= 0.3 is 6.18 Å². The van der Waals surface area contributed by atoms with Gasteiger partial charge in [-0.3, -0.25) is 15.0 Å². The lowest BCUT2D eigenvalue weighted by Gasteiger charge is -2.36. The van der Waals surface area contributed by atoms with E-state index in [1.807, 2.05) is 31.2 Å². The van der Waals surface area contributed by atoms with Crippen LogP contribution in [0.3, 0.4) is 0 Å². The monoisotopic (exact) mass is 520 g/mol. The highest BCUT2D eigenvalue weighted by atomic mass is 19.4. The van der Waals surface area contributed by atoms with Gasteiger partial charge in [-0.05, 0) is 64.8 Å². The maximum absolute atomic E-state index is 12.8. The van der Waals surface area contributed by atoms with Crippen molar-refractivity contribution in [3.63, 3.8) is 0 Å². The third-order valence-corrected chi connectivity index (χ3v) is 7.52. The predicted octanol–water partition coefficient (Wildman–Crippen LogP) is 4.57. The third-order valence-electron chi connectivity index (χ3n) is 7.52. The molecule has 4 rings (SSSR count). The predicted molar refractivity (Wildman–Crippen MR) is 137 cm³/mol. The lowest BCUT2D eigenvalue weighted by atomic mass is 9.90. The van der Waals surface area contributed by atoms with Crippen molar-refractivity contribution in [2.45, 2.75) is 58.6 Å². The van der Waals surface area contributed by atoms with Gasteiger partial charge in [0.05, 0.1) is 19.2 Å². The van der Waals surface area contributed by atoms with E-state index in [2.05, 4.69) is 21.8 Å². The summed E-state index contributed by atoms with van der Waals surface area (Å²) in [6.45, 7) is 5.89. The van der Waals surface area contributed by atoms with Gasteiger partial charge in [-0.2, -0.15) is 13.2 Å². The van der Waals surface area contributed by atoms with E-state index in [0.29, 0.717) is 42.9 Å². The summed E-state index contributed by atoms with van der Waals surface area (Å²) in [5.41, 5.74) is 3.37. The van der Waals surface area contributed by atoms with Crippen molar-refractivity contribution < 1.29 is 23.0 Å². The number of methoxy groups -OCH3 is 1. The number of halogens is 3. The van der Waals surface area contributed by atoms with Crippen molar-refractivity contribution in [1.82, 2.24) is 19.8 Å². The lowest BCUT2D eigenvalue weighted by Crippen LogP contribution is -2.41. The van der Waals surface area contributed by atoms with Crippen LogP contribution in [0.1, 0.15) is 54.5 Å². The van der Waals surface area contributed by atoms with E-state index < -0.39 is 18.9 Å². The first kappa shape index (κ1) is 27.2. The number of fused-ring (bicyclic) bond motifs is 1. The molecule has 0 saturated carbocycles. The maximum atomic E-state index is 12.8. The number of aromatic amines is 1. The van der Waals surface area contributed by atoms with Crippen molar-refractivity contribution in [3.05, 3.63) is 63.2 Å². The highest BCUT2D eigenvalue weighted by Crippen LogP contribution is 2.37. The molecular formula is C27H35F3N4O3. The molecule has 0 bridgehead atoms. The van der Waals surface area contributed by atoms with Crippen LogP contribution in [0, 0.1) is 19.8 Å². The van der Waals surface area contributed by atoms with Gasteiger partial charge in [-0.15, -0.1) is 0 Å². The Morgan fingerprint density at radius 1 is 1.22 bits per heavy atom. The minimum absolute atomic E-state index is 0.0407. The number of aryl methyl sites for hydroxylation is 1. The van der Waals surface area contributed by atoms with Crippen molar-refractivity contribution in [2.24, 2.45) is 5.92 Å². The second-order valence-electron chi connectivity index (χ2n) is 9.97. The molecule has 3 heterocycles. The molecule has 1 aliphatic heterocycles. The van der Waals surface area contributed by atoms with Gasteiger partial charge in [-0.1, -0.05) is 18.2 Å². The number of aliphatic hydroxyl groups excluding tert-OH is 1. The van der Waals surface area contributed by atoms with Crippen LogP contribution in [0.15, 0.2) is 35.1 Å². The molecule has 202 valence electrons. The van der Waals surface area contributed by atoms with E-state index in [0.717, 1.165) is 22.2 Å². The number of hydrogen-bond acceptors (Lipinski definition) is 5. The van der Waals surface area contributed by atoms with E-state index >= 15 is 0 Å². The summed E-state index contributed by atoms with van der Waals surface area (Å²) in [6, 6.07) is 9.59. The summed E-state index contributed by atoms with van der Waals surface area (Å²) < 4.78 is 46.0. The zero-order valence-electron chi connectivity index (χ0n) is 21.7. The average Bonchev–Trinajstić information content (AvgIpc) is 3.13. The zero-order chi connectivity index (χ0) is 26.9. The minimum atomic E-state index is -4.18. The molecule has 10 heteroatoms. The smallest absolute Gasteiger partial charge is 0.401 e.